The van der Waals surface area contributed by atoms with E-state index in [0.29, 0.717) is 17.7 Å². The van der Waals surface area contributed by atoms with E-state index in [2.05, 4.69) is 20.9 Å². The van der Waals surface area contributed by atoms with E-state index < -0.39 is 6.10 Å². The van der Waals surface area contributed by atoms with E-state index >= 15 is 0 Å². The SMILES string of the molecule is Nc1ccncc1C(O)Cc1ccc(Br)cc1. The number of nitrogen functional groups attached to an aromatic ring is 1. The molecule has 1 atom stereocenters. The molecule has 1 unspecified atom stereocenters. The Hall–Kier alpha value is -1.39. The van der Waals surface area contributed by atoms with E-state index in [4.69, 9.17) is 5.73 Å². The molecule has 0 saturated carbocycles. The monoisotopic (exact) mass is 292 g/mol. The van der Waals surface area contributed by atoms with E-state index in [-0.39, 0.29) is 0 Å². The quantitative estimate of drug-likeness (QED) is 0.914. The number of rotatable bonds is 3. The Morgan fingerprint density at radius 1 is 1.24 bits per heavy atom. The zero-order valence-electron chi connectivity index (χ0n) is 9.18. The lowest BCUT2D eigenvalue weighted by Crippen LogP contribution is -2.05. The molecule has 0 amide bonds. The number of aliphatic hydroxyl groups excluding tert-OH is 1. The Morgan fingerprint density at radius 3 is 2.59 bits per heavy atom. The molecule has 0 aliphatic carbocycles. The van der Waals surface area contributed by atoms with Gasteiger partial charge >= 0.3 is 0 Å². The Bertz CT molecular complexity index is 499. The molecule has 0 bridgehead atoms. The third-order valence-corrected chi connectivity index (χ3v) is 3.12. The van der Waals surface area contributed by atoms with Crippen LogP contribution in [0.2, 0.25) is 0 Å². The number of benzene rings is 1. The van der Waals surface area contributed by atoms with Crippen LogP contribution in [0, 0.1) is 0 Å². The number of aromatic nitrogens is 1. The van der Waals surface area contributed by atoms with Crippen molar-refractivity contribution in [3.05, 3.63) is 58.3 Å². The normalized spacial score (nSPS) is 12.4. The highest BCUT2D eigenvalue weighted by Gasteiger charge is 2.11. The second-order valence-electron chi connectivity index (χ2n) is 3.85. The van der Waals surface area contributed by atoms with Gasteiger partial charge in [0.25, 0.3) is 0 Å². The van der Waals surface area contributed by atoms with Crippen LogP contribution in [0.5, 0.6) is 0 Å². The topological polar surface area (TPSA) is 59.1 Å². The van der Waals surface area contributed by atoms with E-state index in [9.17, 15) is 5.11 Å². The Balaban J connectivity index is 2.14. The van der Waals surface area contributed by atoms with Crippen LogP contribution in [-0.4, -0.2) is 10.1 Å². The fraction of sp³-hybridized carbons (Fsp3) is 0.154. The number of anilines is 1. The van der Waals surface area contributed by atoms with Crippen molar-refractivity contribution in [1.29, 1.82) is 0 Å². The van der Waals surface area contributed by atoms with Gasteiger partial charge in [0.15, 0.2) is 0 Å². The molecule has 0 radical (unpaired) electrons. The molecular weight excluding hydrogens is 280 g/mol. The average molecular weight is 293 g/mol. The predicted octanol–water partition coefficient (Wildman–Crippen LogP) is 2.70. The van der Waals surface area contributed by atoms with Crippen molar-refractivity contribution < 1.29 is 5.11 Å². The number of halogens is 1. The summed E-state index contributed by atoms with van der Waals surface area (Å²) in [4.78, 5) is 3.97. The van der Waals surface area contributed by atoms with Gasteiger partial charge in [0, 0.05) is 34.5 Å². The molecule has 0 fully saturated rings. The van der Waals surface area contributed by atoms with Gasteiger partial charge in [0.05, 0.1) is 6.10 Å². The second-order valence-corrected chi connectivity index (χ2v) is 4.77. The fourth-order valence-electron chi connectivity index (χ4n) is 1.65. The van der Waals surface area contributed by atoms with Crippen LogP contribution in [0.25, 0.3) is 0 Å². The highest BCUT2D eigenvalue weighted by Crippen LogP contribution is 2.23. The number of hydrogen-bond donors (Lipinski definition) is 2. The summed E-state index contributed by atoms with van der Waals surface area (Å²) in [5.41, 5.74) is 8.10. The summed E-state index contributed by atoms with van der Waals surface area (Å²) in [6.07, 6.45) is 3.14. The molecule has 3 N–H and O–H groups in total. The summed E-state index contributed by atoms with van der Waals surface area (Å²) in [6, 6.07) is 9.54. The van der Waals surface area contributed by atoms with Crippen LogP contribution < -0.4 is 5.73 Å². The third-order valence-electron chi connectivity index (χ3n) is 2.59. The zero-order valence-corrected chi connectivity index (χ0v) is 10.8. The summed E-state index contributed by atoms with van der Waals surface area (Å²) in [5.74, 6) is 0. The summed E-state index contributed by atoms with van der Waals surface area (Å²) in [7, 11) is 0. The van der Waals surface area contributed by atoms with Crippen LogP contribution in [0.4, 0.5) is 5.69 Å². The molecular formula is C13H13BrN2O. The maximum Gasteiger partial charge on any atom is 0.0865 e. The molecule has 1 heterocycles. The standard InChI is InChI=1S/C13H13BrN2O/c14-10-3-1-9(2-4-10)7-13(17)11-8-16-6-5-12(11)15/h1-6,8,13,17H,7H2,(H2,15,16). The fourth-order valence-corrected chi connectivity index (χ4v) is 1.91. The molecule has 4 heteroatoms. The second kappa shape index (κ2) is 5.29. The lowest BCUT2D eigenvalue weighted by atomic mass is 10.0. The van der Waals surface area contributed by atoms with Gasteiger partial charge in [-0.1, -0.05) is 28.1 Å². The first kappa shape index (κ1) is 12.1. The molecule has 0 aliphatic heterocycles. The van der Waals surface area contributed by atoms with Crippen LogP contribution in [0.3, 0.4) is 0 Å². The minimum atomic E-state index is -0.620. The van der Waals surface area contributed by atoms with Gasteiger partial charge in [-0.25, -0.2) is 0 Å². The van der Waals surface area contributed by atoms with Crippen LogP contribution in [0.15, 0.2) is 47.2 Å². The molecule has 3 nitrogen and oxygen atoms in total. The lowest BCUT2D eigenvalue weighted by Gasteiger charge is -2.12. The molecule has 2 rings (SSSR count). The Labute approximate surface area is 108 Å². The van der Waals surface area contributed by atoms with Crippen molar-refractivity contribution in [2.24, 2.45) is 0 Å². The number of aliphatic hydroxyl groups is 1. The smallest absolute Gasteiger partial charge is 0.0865 e. The van der Waals surface area contributed by atoms with Crippen LogP contribution in [-0.2, 0) is 6.42 Å². The number of nitrogens with two attached hydrogens (primary N) is 1. The van der Waals surface area contributed by atoms with Crippen molar-refractivity contribution in [1.82, 2.24) is 4.98 Å². The van der Waals surface area contributed by atoms with Gasteiger partial charge < -0.3 is 10.8 Å². The first-order chi connectivity index (χ1) is 8.16. The minimum Gasteiger partial charge on any atom is -0.398 e. The lowest BCUT2D eigenvalue weighted by molar-refractivity contribution is 0.179. The maximum atomic E-state index is 10.1. The molecule has 88 valence electrons. The van der Waals surface area contributed by atoms with Crippen molar-refractivity contribution in [2.75, 3.05) is 5.73 Å². The molecule has 1 aromatic heterocycles. The molecule has 1 aromatic carbocycles. The average Bonchev–Trinajstić information content (AvgIpc) is 2.32. The molecule has 17 heavy (non-hydrogen) atoms. The minimum absolute atomic E-state index is 0.531. The summed E-state index contributed by atoms with van der Waals surface area (Å²) in [5, 5.41) is 10.1. The van der Waals surface area contributed by atoms with Gasteiger partial charge in [-0.3, -0.25) is 4.98 Å². The number of pyridine rings is 1. The molecule has 0 spiro atoms. The van der Waals surface area contributed by atoms with E-state index in [1.54, 1.807) is 18.5 Å². The summed E-state index contributed by atoms with van der Waals surface area (Å²) >= 11 is 3.38. The number of hydrogen-bond acceptors (Lipinski definition) is 3. The van der Waals surface area contributed by atoms with Crippen LogP contribution in [0.1, 0.15) is 17.2 Å². The highest BCUT2D eigenvalue weighted by atomic mass is 79.9. The van der Waals surface area contributed by atoms with Gasteiger partial charge in [-0.2, -0.15) is 0 Å². The predicted molar refractivity (Wildman–Crippen MR) is 71.5 cm³/mol. The van der Waals surface area contributed by atoms with Crippen LogP contribution >= 0.6 is 15.9 Å². The van der Waals surface area contributed by atoms with Crippen molar-refractivity contribution >= 4 is 21.6 Å². The van der Waals surface area contributed by atoms with Crippen molar-refractivity contribution in [3.63, 3.8) is 0 Å². The van der Waals surface area contributed by atoms with Crippen molar-refractivity contribution in [2.45, 2.75) is 12.5 Å². The first-order valence-corrected chi connectivity index (χ1v) is 6.08. The summed E-state index contributed by atoms with van der Waals surface area (Å²) < 4.78 is 1.02. The molecule has 0 saturated heterocycles. The van der Waals surface area contributed by atoms with Gasteiger partial charge in [-0.05, 0) is 23.8 Å². The largest absolute Gasteiger partial charge is 0.398 e. The van der Waals surface area contributed by atoms with Gasteiger partial charge in [-0.15, -0.1) is 0 Å². The van der Waals surface area contributed by atoms with E-state index in [0.717, 1.165) is 10.0 Å². The maximum absolute atomic E-state index is 10.1. The first-order valence-electron chi connectivity index (χ1n) is 5.28. The van der Waals surface area contributed by atoms with Crippen molar-refractivity contribution in [3.8, 4) is 0 Å². The Morgan fingerprint density at radius 2 is 1.94 bits per heavy atom. The van der Waals surface area contributed by atoms with Gasteiger partial charge in [0.1, 0.15) is 0 Å². The van der Waals surface area contributed by atoms with Gasteiger partial charge in [0.2, 0.25) is 0 Å². The third kappa shape index (κ3) is 3.05. The number of nitrogens with zero attached hydrogens (tertiary/aromatic N) is 1. The Kier molecular flexibility index (Phi) is 3.76. The molecule has 2 aromatic rings. The zero-order chi connectivity index (χ0) is 12.3. The highest BCUT2D eigenvalue weighted by molar-refractivity contribution is 9.10. The van der Waals surface area contributed by atoms with E-state index in [1.165, 1.54) is 0 Å². The van der Waals surface area contributed by atoms with E-state index in [1.807, 2.05) is 24.3 Å². The molecule has 0 aliphatic rings. The summed E-state index contributed by atoms with van der Waals surface area (Å²) in [6.45, 7) is 0.